The van der Waals surface area contributed by atoms with E-state index in [4.69, 9.17) is 0 Å². The van der Waals surface area contributed by atoms with Gasteiger partial charge in [0.1, 0.15) is 5.70 Å². The van der Waals surface area contributed by atoms with Crippen LogP contribution >= 0.6 is 0 Å². The summed E-state index contributed by atoms with van der Waals surface area (Å²) >= 11 is 0. The molecule has 17 heavy (non-hydrogen) atoms. The van der Waals surface area contributed by atoms with E-state index in [1.54, 1.807) is 36.5 Å². The highest BCUT2D eigenvalue weighted by Gasteiger charge is 2.34. The molecule has 1 aromatic carbocycles. The maximum atomic E-state index is 12.6. The molecule has 0 aliphatic heterocycles. The van der Waals surface area contributed by atoms with Gasteiger partial charge in [-0.2, -0.15) is 13.2 Å². The van der Waals surface area contributed by atoms with Crippen LogP contribution < -0.4 is 5.32 Å². The molecule has 0 heterocycles. The van der Waals surface area contributed by atoms with Crippen molar-refractivity contribution in [2.24, 2.45) is 0 Å². The minimum atomic E-state index is -4.57. The van der Waals surface area contributed by atoms with Crippen LogP contribution in [0.15, 0.2) is 30.0 Å². The van der Waals surface area contributed by atoms with E-state index >= 15 is 0 Å². The minimum absolute atomic E-state index is 0.395. The Morgan fingerprint density at radius 1 is 1.35 bits per heavy atom. The third-order valence-electron chi connectivity index (χ3n) is 1.97. The second-order valence-electron chi connectivity index (χ2n) is 3.65. The second kappa shape index (κ2) is 5.03. The molecule has 0 spiro atoms. The molecule has 2 nitrogen and oxygen atoms in total. The third-order valence-corrected chi connectivity index (χ3v) is 1.97. The highest BCUT2D eigenvalue weighted by molar-refractivity contribution is 5.77. The number of aryl methyl sites for hydroxylation is 1. The number of halogens is 3. The van der Waals surface area contributed by atoms with E-state index in [0.717, 1.165) is 18.6 Å². The van der Waals surface area contributed by atoms with E-state index in [2.05, 4.69) is 0 Å². The molecule has 1 N–H and O–H groups in total. The maximum Gasteiger partial charge on any atom is 0.431 e. The summed E-state index contributed by atoms with van der Waals surface area (Å²) in [5.74, 6) is -0.749. The molecule has 0 aliphatic carbocycles. The van der Waals surface area contributed by atoms with E-state index in [1.807, 2.05) is 0 Å². The van der Waals surface area contributed by atoms with Gasteiger partial charge in [-0.15, -0.1) is 0 Å². The van der Waals surface area contributed by atoms with Crippen LogP contribution in [-0.4, -0.2) is 12.1 Å². The predicted octanol–water partition coefficient (Wildman–Crippen LogP) is 3.03. The van der Waals surface area contributed by atoms with Gasteiger partial charge < -0.3 is 5.32 Å². The molecule has 0 fully saturated rings. The molecule has 0 saturated heterocycles. The smallest absolute Gasteiger partial charge is 0.322 e. The summed E-state index contributed by atoms with van der Waals surface area (Å²) in [6.45, 7) is 2.82. The van der Waals surface area contributed by atoms with Gasteiger partial charge in [0.15, 0.2) is 0 Å². The van der Waals surface area contributed by atoms with Gasteiger partial charge in [-0.1, -0.05) is 29.8 Å². The summed E-state index contributed by atoms with van der Waals surface area (Å²) in [5, 5.41) is 1.78. The first-order valence-corrected chi connectivity index (χ1v) is 4.92. The average molecular weight is 243 g/mol. The van der Waals surface area contributed by atoms with Crippen LogP contribution in [0.1, 0.15) is 18.1 Å². The van der Waals surface area contributed by atoms with Crippen LogP contribution in [0, 0.1) is 6.92 Å². The van der Waals surface area contributed by atoms with Crippen molar-refractivity contribution in [3.8, 4) is 0 Å². The Hall–Kier alpha value is -1.78. The Bertz CT molecular complexity index is 449. The summed E-state index contributed by atoms with van der Waals surface area (Å²) in [7, 11) is 0. The fourth-order valence-electron chi connectivity index (χ4n) is 1.30. The van der Waals surface area contributed by atoms with Crippen molar-refractivity contribution in [2.75, 3.05) is 0 Å². The SMILES string of the molecule is CC(=O)N/C(=C\c1cccc(C)c1)C(F)(F)F. The van der Waals surface area contributed by atoms with Crippen molar-refractivity contribution in [3.05, 3.63) is 41.1 Å². The summed E-state index contributed by atoms with van der Waals surface area (Å²) < 4.78 is 37.8. The Morgan fingerprint density at radius 3 is 2.47 bits per heavy atom. The van der Waals surface area contributed by atoms with Gasteiger partial charge >= 0.3 is 6.18 Å². The lowest BCUT2D eigenvalue weighted by Crippen LogP contribution is -2.29. The highest BCUT2D eigenvalue weighted by atomic mass is 19.4. The van der Waals surface area contributed by atoms with E-state index in [1.165, 1.54) is 0 Å². The topological polar surface area (TPSA) is 29.1 Å². The monoisotopic (exact) mass is 243 g/mol. The lowest BCUT2D eigenvalue weighted by Gasteiger charge is -2.12. The van der Waals surface area contributed by atoms with E-state index < -0.39 is 17.8 Å². The number of hydrogen-bond donors (Lipinski definition) is 1. The van der Waals surface area contributed by atoms with Crippen LogP contribution in [0.3, 0.4) is 0 Å². The minimum Gasteiger partial charge on any atom is -0.322 e. The number of carbonyl (C=O) groups is 1. The molecule has 1 rings (SSSR count). The van der Waals surface area contributed by atoms with Crippen LogP contribution in [0.2, 0.25) is 0 Å². The lowest BCUT2D eigenvalue weighted by atomic mass is 10.1. The number of rotatable bonds is 2. The molecule has 0 unspecified atom stereocenters. The number of benzene rings is 1. The number of carbonyl (C=O) groups excluding carboxylic acids is 1. The number of hydrogen-bond acceptors (Lipinski definition) is 1. The Morgan fingerprint density at radius 2 is 2.00 bits per heavy atom. The summed E-state index contributed by atoms with van der Waals surface area (Å²) in [4.78, 5) is 10.7. The molecule has 92 valence electrons. The fraction of sp³-hybridized carbons (Fsp3) is 0.250. The lowest BCUT2D eigenvalue weighted by molar-refractivity contribution is -0.124. The Labute approximate surface area is 97.1 Å². The molecule has 0 saturated carbocycles. The first-order chi connectivity index (χ1) is 7.79. The molecule has 5 heteroatoms. The van der Waals surface area contributed by atoms with Crippen LogP contribution in [0.5, 0.6) is 0 Å². The zero-order chi connectivity index (χ0) is 13.1. The first-order valence-electron chi connectivity index (χ1n) is 4.92. The van der Waals surface area contributed by atoms with Gasteiger partial charge in [-0.3, -0.25) is 4.79 Å². The van der Waals surface area contributed by atoms with Gasteiger partial charge in [-0.25, -0.2) is 0 Å². The van der Waals surface area contributed by atoms with Crippen molar-refractivity contribution < 1.29 is 18.0 Å². The molecule has 1 aromatic rings. The second-order valence-corrected chi connectivity index (χ2v) is 3.65. The van der Waals surface area contributed by atoms with E-state index in [9.17, 15) is 18.0 Å². The zero-order valence-corrected chi connectivity index (χ0v) is 9.43. The summed E-state index contributed by atoms with van der Waals surface area (Å²) in [6, 6.07) is 6.58. The van der Waals surface area contributed by atoms with Crippen LogP contribution in [0.4, 0.5) is 13.2 Å². The van der Waals surface area contributed by atoms with Gasteiger partial charge in [0.05, 0.1) is 0 Å². The van der Waals surface area contributed by atoms with Gasteiger partial charge in [0.25, 0.3) is 0 Å². The summed E-state index contributed by atoms with van der Waals surface area (Å²) in [6.07, 6.45) is -3.66. The molecular weight excluding hydrogens is 231 g/mol. The van der Waals surface area contributed by atoms with E-state index in [-0.39, 0.29) is 0 Å². The first kappa shape index (κ1) is 13.3. The van der Waals surface area contributed by atoms with Gasteiger partial charge in [0, 0.05) is 6.92 Å². The maximum absolute atomic E-state index is 12.6. The van der Waals surface area contributed by atoms with Crippen LogP contribution in [-0.2, 0) is 4.79 Å². The third kappa shape index (κ3) is 4.30. The number of nitrogens with one attached hydrogen (secondary N) is 1. The van der Waals surface area contributed by atoms with Gasteiger partial charge in [-0.05, 0) is 18.6 Å². The molecule has 0 atom stereocenters. The van der Waals surface area contributed by atoms with Crippen molar-refractivity contribution in [1.29, 1.82) is 0 Å². The van der Waals surface area contributed by atoms with Crippen LogP contribution in [0.25, 0.3) is 6.08 Å². The number of allylic oxidation sites excluding steroid dienone is 1. The molecule has 0 radical (unpaired) electrons. The number of amides is 1. The molecule has 0 aromatic heterocycles. The molecule has 0 aliphatic rings. The fourth-order valence-corrected chi connectivity index (χ4v) is 1.30. The van der Waals surface area contributed by atoms with Crippen molar-refractivity contribution in [3.63, 3.8) is 0 Å². The largest absolute Gasteiger partial charge is 0.431 e. The van der Waals surface area contributed by atoms with E-state index in [0.29, 0.717) is 5.56 Å². The molecular formula is C12H12F3NO. The van der Waals surface area contributed by atoms with Crippen molar-refractivity contribution >= 4 is 12.0 Å². The number of alkyl halides is 3. The van der Waals surface area contributed by atoms with Crippen molar-refractivity contribution in [1.82, 2.24) is 5.32 Å². The standard InChI is InChI=1S/C12H12F3NO/c1-8-4-3-5-10(6-8)7-11(12(13,14)15)16-9(2)17/h3-7H,1-2H3,(H,16,17)/b11-7-. The van der Waals surface area contributed by atoms with Gasteiger partial charge in [0.2, 0.25) is 5.91 Å². The normalized spacial score (nSPS) is 12.4. The predicted molar refractivity (Wildman–Crippen MR) is 59.0 cm³/mol. The highest BCUT2D eigenvalue weighted by Crippen LogP contribution is 2.25. The quantitative estimate of drug-likeness (QED) is 0.849. The van der Waals surface area contributed by atoms with Crippen molar-refractivity contribution in [2.45, 2.75) is 20.0 Å². The Kier molecular flexibility index (Phi) is 3.93. The Balaban J connectivity index is 3.09. The molecule has 1 amide bonds. The molecule has 0 bridgehead atoms. The zero-order valence-electron chi connectivity index (χ0n) is 9.43. The summed E-state index contributed by atoms with van der Waals surface area (Å²) in [5.41, 5.74) is 0.185. The average Bonchev–Trinajstić information content (AvgIpc) is 2.14.